The van der Waals surface area contributed by atoms with Crippen LogP contribution in [-0.4, -0.2) is 33.1 Å². The molecule has 16 heavy (non-hydrogen) atoms. The topological polar surface area (TPSA) is 57.0 Å². The van der Waals surface area contributed by atoms with E-state index in [1.54, 1.807) is 13.0 Å². The molecule has 0 bridgehead atoms. The van der Waals surface area contributed by atoms with Gasteiger partial charge in [0.2, 0.25) is 0 Å². The van der Waals surface area contributed by atoms with Crippen molar-refractivity contribution in [3.05, 3.63) is 18.5 Å². The van der Waals surface area contributed by atoms with Crippen molar-refractivity contribution in [2.75, 3.05) is 7.11 Å². The maximum absolute atomic E-state index is 11.3. The number of aromatic nitrogens is 3. The molecule has 0 aliphatic rings. The second kappa shape index (κ2) is 5.69. The summed E-state index contributed by atoms with van der Waals surface area (Å²) in [6.45, 7) is 7.95. The summed E-state index contributed by atoms with van der Waals surface area (Å²) in [5, 5.41) is 8.39. The van der Waals surface area contributed by atoms with Crippen LogP contribution in [0.25, 0.3) is 0 Å². The van der Waals surface area contributed by atoms with Crippen LogP contribution in [0, 0.1) is 6.92 Å². The summed E-state index contributed by atoms with van der Waals surface area (Å²) in [5.41, 5.74) is 0. The zero-order valence-electron chi connectivity index (χ0n) is 9.64. The highest BCUT2D eigenvalue weighted by Gasteiger charge is 2.18. The second-order valence-corrected chi connectivity index (χ2v) is 4.52. The number of hydrogen-bond acceptors (Lipinski definition) is 5. The number of rotatable bonds is 5. The van der Waals surface area contributed by atoms with Gasteiger partial charge in [0, 0.05) is 6.54 Å². The predicted molar refractivity (Wildman–Crippen MR) is 62.3 cm³/mol. The number of thioether (sulfide) groups is 1. The number of esters is 1. The Balaban J connectivity index is 2.80. The van der Waals surface area contributed by atoms with Gasteiger partial charge in [-0.05, 0) is 13.8 Å². The number of allylic oxidation sites excluding steroid dienone is 1. The Morgan fingerprint density at radius 3 is 2.94 bits per heavy atom. The highest BCUT2D eigenvalue weighted by atomic mass is 32.2. The summed E-state index contributed by atoms with van der Waals surface area (Å²) in [6.07, 6.45) is 1.77. The largest absolute Gasteiger partial charge is 0.468 e. The lowest BCUT2D eigenvalue weighted by atomic mass is 10.5. The van der Waals surface area contributed by atoms with Crippen LogP contribution in [0.15, 0.2) is 17.8 Å². The summed E-state index contributed by atoms with van der Waals surface area (Å²) in [6, 6.07) is 0. The third kappa shape index (κ3) is 2.85. The van der Waals surface area contributed by atoms with Crippen molar-refractivity contribution in [2.45, 2.75) is 30.8 Å². The number of hydrogen-bond donors (Lipinski definition) is 0. The minimum atomic E-state index is -0.294. The van der Waals surface area contributed by atoms with E-state index in [9.17, 15) is 4.79 Å². The number of carbonyl (C=O) groups excluding carboxylic acids is 1. The molecule has 0 spiro atoms. The van der Waals surface area contributed by atoms with Gasteiger partial charge < -0.3 is 9.30 Å². The van der Waals surface area contributed by atoms with Gasteiger partial charge in [0.1, 0.15) is 11.1 Å². The van der Waals surface area contributed by atoms with Crippen LogP contribution in [-0.2, 0) is 16.1 Å². The molecule has 5 nitrogen and oxygen atoms in total. The first kappa shape index (κ1) is 12.8. The molecule has 1 aromatic rings. The Bertz CT molecular complexity index is 389. The average molecular weight is 241 g/mol. The van der Waals surface area contributed by atoms with Crippen LogP contribution in [0.1, 0.15) is 12.7 Å². The number of ether oxygens (including phenoxy) is 1. The van der Waals surface area contributed by atoms with Gasteiger partial charge in [-0.2, -0.15) is 0 Å². The van der Waals surface area contributed by atoms with Crippen LogP contribution >= 0.6 is 11.8 Å². The lowest BCUT2D eigenvalue weighted by Crippen LogP contribution is -2.15. The summed E-state index contributed by atoms with van der Waals surface area (Å²) >= 11 is 1.33. The third-order valence-corrected chi connectivity index (χ3v) is 3.09. The molecule has 1 atom stereocenters. The summed E-state index contributed by atoms with van der Waals surface area (Å²) in [5.74, 6) is 0.537. The molecule has 1 unspecified atom stereocenters. The highest BCUT2D eigenvalue weighted by Crippen LogP contribution is 2.22. The van der Waals surface area contributed by atoms with E-state index >= 15 is 0 Å². The van der Waals surface area contributed by atoms with E-state index in [-0.39, 0.29) is 11.2 Å². The lowest BCUT2D eigenvalue weighted by molar-refractivity contribution is -0.139. The van der Waals surface area contributed by atoms with Gasteiger partial charge >= 0.3 is 5.97 Å². The minimum absolute atomic E-state index is 0.268. The van der Waals surface area contributed by atoms with Gasteiger partial charge in [-0.25, -0.2) is 0 Å². The molecular weight excluding hydrogens is 226 g/mol. The zero-order chi connectivity index (χ0) is 12.1. The molecule has 0 aromatic carbocycles. The Kier molecular flexibility index (Phi) is 4.54. The first-order valence-corrected chi connectivity index (χ1v) is 5.73. The Morgan fingerprint density at radius 1 is 1.69 bits per heavy atom. The standard InChI is InChI=1S/C10H15N3O2S/c1-5-6-13-8(3)11-12-10(13)16-7(2)9(14)15-4/h5,7H,1,6H2,2-4H3. The summed E-state index contributed by atoms with van der Waals surface area (Å²) < 4.78 is 6.55. The van der Waals surface area contributed by atoms with E-state index in [0.717, 1.165) is 5.82 Å². The lowest BCUT2D eigenvalue weighted by Gasteiger charge is -2.09. The van der Waals surface area contributed by atoms with Gasteiger partial charge in [0.15, 0.2) is 5.16 Å². The molecule has 0 aliphatic carbocycles. The predicted octanol–water partition coefficient (Wildman–Crippen LogP) is 1.43. The fourth-order valence-electron chi connectivity index (χ4n) is 1.16. The van der Waals surface area contributed by atoms with Crippen molar-refractivity contribution in [1.82, 2.24) is 14.8 Å². The van der Waals surface area contributed by atoms with Crippen molar-refractivity contribution in [1.29, 1.82) is 0 Å². The van der Waals surface area contributed by atoms with Gasteiger partial charge in [0.05, 0.1) is 7.11 Å². The van der Waals surface area contributed by atoms with Crippen LogP contribution in [0.5, 0.6) is 0 Å². The number of methoxy groups -OCH3 is 1. The van der Waals surface area contributed by atoms with Crippen molar-refractivity contribution in [3.8, 4) is 0 Å². The quantitative estimate of drug-likeness (QED) is 0.443. The van der Waals surface area contributed by atoms with E-state index in [0.29, 0.717) is 11.7 Å². The molecule has 1 aromatic heterocycles. The smallest absolute Gasteiger partial charge is 0.318 e. The van der Waals surface area contributed by atoms with Crippen molar-refractivity contribution in [2.24, 2.45) is 0 Å². The molecule has 88 valence electrons. The normalized spacial score (nSPS) is 12.2. The molecule has 0 saturated heterocycles. The molecule has 1 heterocycles. The summed E-state index contributed by atoms with van der Waals surface area (Å²) in [7, 11) is 1.37. The molecule has 0 radical (unpaired) electrons. The zero-order valence-corrected chi connectivity index (χ0v) is 10.5. The van der Waals surface area contributed by atoms with E-state index in [1.165, 1.54) is 18.9 Å². The van der Waals surface area contributed by atoms with Crippen molar-refractivity contribution >= 4 is 17.7 Å². The van der Waals surface area contributed by atoms with Crippen LogP contribution < -0.4 is 0 Å². The number of carbonyl (C=O) groups is 1. The number of nitrogens with zero attached hydrogens (tertiary/aromatic N) is 3. The van der Waals surface area contributed by atoms with E-state index < -0.39 is 0 Å². The Hall–Kier alpha value is -1.30. The van der Waals surface area contributed by atoms with Crippen molar-refractivity contribution < 1.29 is 9.53 Å². The maximum Gasteiger partial charge on any atom is 0.318 e. The van der Waals surface area contributed by atoms with Crippen LogP contribution in [0.4, 0.5) is 0 Å². The number of aryl methyl sites for hydroxylation is 1. The molecule has 0 saturated carbocycles. The molecule has 0 aliphatic heterocycles. The monoisotopic (exact) mass is 241 g/mol. The first-order chi connectivity index (χ1) is 7.60. The van der Waals surface area contributed by atoms with E-state index in [4.69, 9.17) is 0 Å². The second-order valence-electron chi connectivity index (χ2n) is 3.21. The molecule has 0 N–H and O–H groups in total. The van der Waals surface area contributed by atoms with E-state index in [1.807, 2.05) is 11.5 Å². The van der Waals surface area contributed by atoms with Gasteiger partial charge in [-0.1, -0.05) is 17.8 Å². The SMILES string of the molecule is C=CCn1c(C)nnc1SC(C)C(=O)OC. The molecule has 0 fully saturated rings. The van der Waals surface area contributed by atoms with Gasteiger partial charge in [-0.3, -0.25) is 4.79 Å². The first-order valence-electron chi connectivity index (χ1n) is 4.85. The molecule has 1 rings (SSSR count). The minimum Gasteiger partial charge on any atom is -0.468 e. The fourth-order valence-corrected chi connectivity index (χ4v) is 2.09. The Morgan fingerprint density at radius 2 is 2.38 bits per heavy atom. The molecule has 0 amide bonds. The molecule has 6 heteroatoms. The van der Waals surface area contributed by atoms with Crippen molar-refractivity contribution in [3.63, 3.8) is 0 Å². The summed E-state index contributed by atoms with van der Waals surface area (Å²) in [4.78, 5) is 11.3. The Labute approximate surface area is 98.9 Å². The average Bonchev–Trinajstić information content (AvgIpc) is 2.61. The fraction of sp³-hybridized carbons (Fsp3) is 0.500. The van der Waals surface area contributed by atoms with Crippen LogP contribution in [0.3, 0.4) is 0 Å². The maximum atomic E-state index is 11.3. The molecular formula is C10H15N3O2S. The van der Waals surface area contributed by atoms with Gasteiger partial charge in [0.25, 0.3) is 0 Å². The van der Waals surface area contributed by atoms with Crippen LogP contribution in [0.2, 0.25) is 0 Å². The third-order valence-electron chi connectivity index (χ3n) is 2.03. The highest BCUT2D eigenvalue weighted by molar-refractivity contribution is 8.00. The van der Waals surface area contributed by atoms with Gasteiger partial charge in [-0.15, -0.1) is 16.8 Å². The van der Waals surface area contributed by atoms with E-state index in [2.05, 4.69) is 21.5 Å².